The van der Waals surface area contributed by atoms with E-state index in [4.69, 9.17) is 19.3 Å². The number of rotatable bonds is 13. The fourth-order valence-electron chi connectivity index (χ4n) is 1.36. The van der Waals surface area contributed by atoms with Gasteiger partial charge in [0.1, 0.15) is 0 Å². The second-order valence-electron chi connectivity index (χ2n) is 4.45. The molecule has 0 heterocycles. The van der Waals surface area contributed by atoms with Crippen LogP contribution in [0.15, 0.2) is 0 Å². The molecule has 0 saturated heterocycles. The molecular formula is C13H28O4. The van der Waals surface area contributed by atoms with Crippen LogP contribution in [0, 0.1) is 5.92 Å². The van der Waals surface area contributed by atoms with Crippen LogP contribution in [0.4, 0.5) is 0 Å². The average Bonchev–Trinajstić information content (AvgIpc) is 2.30. The first-order chi connectivity index (χ1) is 8.27. The maximum absolute atomic E-state index is 8.46. The van der Waals surface area contributed by atoms with Crippen LogP contribution in [-0.2, 0) is 14.2 Å². The topological polar surface area (TPSA) is 47.9 Å². The Kier molecular flexibility index (Phi) is 13.8. The first kappa shape index (κ1) is 16.8. The van der Waals surface area contributed by atoms with Crippen molar-refractivity contribution in [1.29, 1.82) is 0 Å². The Morgan fingerprint density at radius 1 is 0.765 bits per heavy atom. The van der Waals surface area contributed by atoms with Crippen molar-refractivity contribution in [2.24, 2.45) is 5.92 Å². The summed E-state index contributed by atoms with van der Waals surface area (Å²) in [4.78, 5) is 0. The molecule has 0 atom stereocenters. The third kappa shape index (κ3) is 15.8. The monoisotopic (exact) mass is 248 g/mol. The van der Waals surface area contributed by atoms with Gasteiger partial charge in [0.15, 0.2) is 0 Å². The fraction of sp³-hybridized carbons (Fsp3) is 1.00. The Labute approximate surface area is 105 Å². The molecule has 0 saturated carbocycles. The molecule has 0 aliphatic rings. The van der Waals surface area contributed by atoms with Crippen molar-refractivity contribution in [3.05, 3.63) is 0 Å². The van der Waals surface area contributed by atoms with Crippen LogP contribution in [0.25, 0.3) is 0 Å². The van der Waals surface area contributed by atoms with Crippen molar-refractivity contribution in [2.75, 3.05) is 46.2 Å². The highest BCUT2D eigenvalue weighted by atomic mass is 16.5. The predicted molar refractivity (Wildman–Crippen MR) is 68.2 cm³/mol. The highest BCUT2D eigenvalue weighted by Gasteiger charge is 1.94. The summed E-state index contributed by atoms with van der Waals surface area (Å²) in [6.07, 6.45) is 3.66. The Balaban J connectivity index is 2.89. The van der Waals surface area contributed by atoms with Crippen molar-refractivity contribution in [2.45, 2.75) is 33.1 Å². The first-order valence-electron chi connectivity index (χ1n) is 6.61. The minimum Gasteiger partial charge on any atom is -0.394 e. The number of hydrogen-bond donors (Lipinski definition) is 1. The molecule has 1 N–H and O–H groups in total. The second-order valence-corrected chi connectivity index (χ2v) is 4.45. The fourth-order valence-corrected chi connectivity index (χ4v) is 1.36. The summed E-state index contributed by atoms with van der Waals surface area (Å²) in [5, 5.41) is 8.46. The molecule has 0 radical (unpaired) electrons. The number of ether oxygens (including phenoxy) is 3. The van der Waals surface area contributed by atoms with Gasteiger partial charge in [0.05, 0.1) is 39.6 Å². The van der Waals surface area contributed by atoms with E-state index in [2.05, 4.69) is 13.8 Å². The van der Waals surface area contributed by atoms with Crippen LogP contribution in [0.5, 0.6) is 0 Å². The van der Waals surface area contributed by atoms with E-state index in [1.54, 1.807) is 0 Å². The molecule has 0 aromatic rings. The summed E-state index contributed by atoms with van der Waals surface area (Å²) < 4.78 is 15.8. The van der Waals surface area contributed by atoms with Gasteiger partial charge in [-0.1, -0.05) is 26.7 Å². The summed E-state index contributed by atoms with van der Waals surface area (Å²) in [7, 11) is 0. The van der Waals surface area contributed by atoms with E-state index in [1.807, 2.05) is 0 Å². The maximum atomic E-state index is 8.46. The lowest BCUT2D eigenvalue weighted by molar-refractivity contribution is 0.00714. The van der Waals surface area contributed by atoms with Crippen molar-refractivity contribution < 1.29 is 19.3 Å². The zero-order valence-corrected chi connectivity index (χ0v) is 11.3. The van der Waals surface area contributed by atoms with Gasteiger partial charge in [0.2, 0.25) is 0 Å². The molecule has 0 bridgehead atoms. The SMILES string of the molecule is CC(C)CCCCOCCOCCOCCO. The van der Waals surface area contributed by atoms with Crippen molar-refractivity contribution in [3.8, 4) is 0 Å². The number of aliphatic hydroxyl groups is 1. The van der Waals surface area contributed by atoms with Gasteiger partial charge < -0.3 is 19.3 Å². The molecule has 4 heteroatoms. The summed E-state index contributed by atoms with van der Waals surface area (Å²) in [5.74, 6) is 0.789. The van der Waals surface area contributed by atoms with Gasteiger partial charge in [-0.15, -0.1) is 0 Å². The minimum atomic E-state index is 0.0689. The van der Waals surface area contributed by atoms with E-state index in [0.717, 1.165) is 18.9 Å². The Morgan fingerprint density at radius 2 is 1.29 bits per heavy atom. The molecule has 0 amide bonds. The molecular weight excluding hydrogens is 220 g/mol. The molecule has 104 valence electrons. The van der Waals surface area contributed by atoms with Crippen molar-refractivity contribution in [1.82, 2.24) is 0 Å². The van der Waals surface area contributed by atoms with Crippen LogP contribution in [-0.4, -0.2) is 51.4 Å². The quantitative estimate of drug-likeness (QED) is 0.505. The third-order valence-corrected chi connectivity index (χ3v) is 2.30. The number of unbranched alkanes of at least 4 members (excludes halogenated alkanes) is 1. The van der Waals surface area contributed by atoms with E-state index in [9.17, 15) is 0 Å². The Morgan fingerprint density at radius 3 is 1.82 bits per heavy atom. The summed E-state index contributed by atoms with van der Waals surface area (Å²) in [6.45, 7) is 8.15. The molecule has 0 aromatic carbocycles. The predicted octanol–water partition coefficient (Wildman–Crippen LogP) is 1.85. The largest absolute Gasteiger partial charge is 0.394 e. The van der Waals surface area contributed by atoms with Crippen LogP contribution < -0.4 is 0 Å². The van der Waals surface area contributed by atoms with E-state index in [0.29, 0.717) is 33.0 Å². The smallest absolute Gasteiger partial charge is 0.0701 e. The number of aliphatic hydroxyl groups excluding tert-OH is 1. The average molecular weight is 248 g/mol. The highest BCUT2D eigenvalue weighted by Crippen LogP contribution is 2.05. The van der Waals surface area contributed by atoms with Gasteiger partial charge in [-0.05, 0) is 12.3 Å². The lowest BCUT2D eigenvalue weighted by Crippen LogP contribution is -2.11. The lowest BCUT2D eigenvalue weighted by atomic mass is 10.1. The molecule has 17 heavy (non-hydrogen) atoms. The van der Waals surface area contributed by atoms with Crippen molar-refractivity contribution in [3.63, 3.8) is 0 Å². The van der Waals surface area contributed by atoms with Crippen LogP contribution in [0.1, 0.15) is 33.1 Å². The zero-order chi connectivity index (χ0) is 12.8. The molecule has 0 spiro atoms. The second kappa shape index (κ2) is 13.9. The first-order valence-corrected chi connectivity index (χ1v) is 6.61. The van der Waals surface area contributed by atoms with Gasteiger partial charge in [-0.2, -0.15) is 0 Å². The van der Waals surface area contributed by atoms with Crippen LogP contribution in [0.3, 0.4) is 0 Å². The van der Waals surface area contributed by atoms with Gasteiger partial charge in [0.25, 0.3) is 0 Å². The molecule has 0 rings (SSSR count). The Bertz CT molecular complexity index is 139. The molecule has 0 unspecified atom stereocenters. The van der Waals surface area contributed by atoms with Gasteiger partial charge in [-0.25, -0.2) is 0 Å². The summed E-state index contributed by atoms with van der Waals surface area (Å²) in [5.41, 5.74) is 0. The third-order valence-electron chi connectivity index (χ3n) is 2.30. The summed E-state index contributed by atoms with van der Waals surface area (Å²) in [6, 6.07) is 0. The molecule has 0 aliphatic heterocycles. The number of hydrogen-bond acceptors (Lipinski definition) is 4. The van der Waals surface area contributed by atoms with E-state index in [1.165, 1.54) is 12.8 Å². The summed E-state index contributed by atoms with van der Waals surface area (Å²) >= 11 is 0. The minimum absolute atomic E-state index is 0.0689. The molecule has 4 nitrogen and oxygen atoms in total. The highest BCUT2D eigenvalue weighted by molar-refractivity contribution is 4.46. The molecule has 0 aliphatic carbocycles. The van der Waals surface area contributed by atoms with E-state index in [-0.39, 0.29) is 6.61 Å². The molecule has 0 aromatic heterocycles. The van der Waals surface area contributed by atoms with E-state index < -0.39 is 0 Å². The van der Waals surface area contributed by atoms with Crippen LogP contribution >= 0.6 is 0 Å². The van der Waals surface area contributed by atoms with Gasteiger partial charge in [-0.3, -0.25) is 0 Å². The maximum Gasteiger partial charge on any atom is 0.0701 e. The normalized spacial score (nSPS) is 11.3. The van der Waals surface area contributed by atoms with Crippen LogP contribution in [0.2, 0.25) is 0 Å². The lowest BCUT2D eigenvalue weighted by Gasteiger charge is -2.07. The Hall–Kier alpha value is -0.160. The van der Waals surface area contributed by atoms with Gasteiger partial charge >= 0.3 is 0 Å². The van der Waals surface area contributed by atoms with E-state index >= 15 is 0 Å². The zero-order valence-electron chi connectivity index (χ0n) is 11.3. The van der Waals surface area contributed by atoms with Crippen molar-refractivity contribution >= 4 is 0 Å². The molecule has 0 fully saturated rings. The van der Waals surface area contributed by atoms with Gasteiger partial charge in [0, 0.05) is 6.61 Å². The standard InChI is InChI=1S/C13H28O4/c1-13(2)5-3-4-7-15-9-11-17-12-10-16-8-6-14/h13-14H,3-12H2,1-2H3.